The third kappa shape index (κ3) is 5.17. The minimum Gasteiger partial charge on any atom is -0.493 e. The maximum Gasteiger partial charge on any atom is 0.229 e. The van der Waals surface area contributed by atoms with Crippen LogP contribution in [0.5, 0.6) is 11.6 Å². The second-order valence-electron chi connectivity index (χ2n) is 9.32. The van der Waals surface area contributed by atoms with E-state index >= 15 is 0 Å². The van der Waals surface area contributed by atoms with Crippen LogP contribution in [0, 0.1) is 11.7 Å². The third-order valence-electron chi connectivity index (χ3n) is 6.95. The lowest BCUT2D eigenvalue weighted by atomic mass is 10.2. The van der Waals surface area contributed by atoms with Crippen molar-refractivity contribution >= 4 is 17.4 Å². The van der Waals surface area contributed by atoms with E-state index in [1.54, 1.807) is 29.9 Å². The van der Waals surface area contributed by atoms with Gasteiger partial charge in [0.25, 0.3) is 0 Å². The molecule has 2 unspecified atom stereocenters. The molecule has 0 bridgehead atoms. The first kappa shape index (κ1) is 25.6. The highest BCUT2D eigenvalue weighted by Crippen LogP contribution is 2.47. The first-order valence-corrected chi connectivity index (χ1v) is 12.6. The zero-order chi connectivity index (χ0) is 26.8. The van der Waals surface area contributed by atoms with Crippen LogP contribution in [-0.4, -0.2) is 73.8 Å². The molecule has 2 fully saturated rings. The fourth-order valence-electron chi connectivity index (χ4n) is 4.51. The molecule has 0 radical (unpaired) electrons. The van der Waals surface area contributed by atoms with Crippen LogP contribution in [0.15, 0.2) is 37.1 Å². The van der Waals surface area contributed by atoms with E-state index in [0.29, 0.717) is 40.8 Å². The Kier molecular flexibility index (Phi) is 7.23. The van der Waals surface area contributed by atoms with Gasteiger partial charge in [-0.25, -0.2) is 19.3 Å². The van der Waals surface area contributed by atoms with E-state index in [-0.39, 0.29) is 17.7 Å². The number of likely N-dealkylation sites (tertiary alicyclic amines) is 1. The summed E-state index contributed by atoms with van der Waals surface area (Å²) in [5.74, 6) is 0.419. The Morgan fingerprint density at radius 3 is 2.66 bits per heavy atom. The number of halogens is 1. The zero-order valence-electron chi connectivity index (χ0n) is 21.9. The van der Waals surface area contributed by atoms with Crippen LogP contribution in [-0.2, 0) is 11.8 Å². The molecule has 200 valence electrons. The van der Waals surface area contributed by atoms with Crippen LogP contribution in [0.4, 0.5) is 10.2 Å². The molecule has 38 heavy (non-hydrogen) atoms. The van der Waals surface area contributed by atoms with Crippen molar-refractivity contribution in [1.82, 2.24) is 34.0 Å². The topological polar surface area (TPSA) is 112 Å². The van der Waals surface area contributed by atoms with Gasteiger partial charge >= 0.3 is 0 Å². The molecule has 1 N–H and O–H groups in total. The minimum absolute atomic E-state index is 0.00489. The van der Waals surface area contributed by atoms with E-state index in [4.69, 9.17) is 9.47 Å². The summed E-state index contributed by atoms with van der Waals surface area (Å²) in [6.07, 6.45) is 8.29. The molecule has 0 aromatic carbocycles. The lowest BCUT2D eigenvalue weighted by Crippen LogP contribution is -2.36. The number of hydrogen-bond donors (Lipinski definition) is 1. The smallest absolute Gasteiger partial charge is 0.229 e. The predicted octanol–water partition coefficient (Wildman–Crippen LogP) is 3.14. The second-order valence-corrected chi connectivity index (χ2v) is 9.32. The van der Waals surface area contributed by atoms with E-state index in [1.165, 1.54) is 63.5 Å². The molecule has 4 aromatic heterocycles. The normalized spacial score (nSPS) is 18.3. The summed E-state index contributed by atoms with van der Waals surface area (Å²) in [5, 5.41) is 6.94. The highest BCUT2D eigenvalue weighted by molar-refractivity contribution is 5.94. The van der Waals surface area contributed by atoms with Crippen LogP contribution in [0.1, 0.15) is 31.4 Å². The Bertz CT molecular complexity index is 1450. The van der Waals surface area contributed by atoms with Gasteiger partial charge in [-0.15, -0.1) is 0 Å². The molecule has 1 saturated carbocycles. The summed E-state index contributed by atoms with van der Waals surface area (Å²) in [7, 11) is 4.75. The van der Waals surface area contributed by atoms with Crippen molar-refractivity contribution in [3.63, 3.8) is 0 Å². The summed E-state index contributed by atoms with van der Waals surface area (Å²) in [6, 6.07) is 3.05. The Hall–Kier alpha value is -4.06. The Labute approximate surface area is 219 Å². The average molecular weight is 523 g/mol. The summed E-state index contributed by atoms with van der Waals surface area (Å²) >= 11 is 0. The summed E-state index contributed by atoms with van der Waals surface area (Å²) < 4.78 is 28.4. The number of imidazole rings is 1. The van der Waals surface area contributed by atoms with Crippen molar-refractivity contribution in [2.24, 2.45) is 13.0 Å². The summed E-state index contributed by atoms with van der Waals surface area (Å²) in [4.78, 5) is 27.7. The minimum atomic E-state index is -0.470. The monoisotopic (exact) mass is 522 g/mol. The lowest BCUT2D eigenvalue weighted by Gasteiger charge is -2.28. The van der Waals surface area contributed by atoms with Crippen molar-refractivity contribution in [2.75, 3.05) is 39.2 Å². The van der Waals surface area contributed by atoms with Gasteiger partial charge in [-0.3, -0.25) is 9.48 Å². The number of ether oxygens (including phenoxy) is 2. The number of methoxy groups -OCH3 is 2. The van der Waals surface area contributed by atoms with Crippen LogP contribution < -0.4 is 14.8 Å². The van der Waals surface area contributed by atoms with E-state index in [2.05, 4.69) is 37.2 Å². The van der Waals surface area contributed by atoms with Crippen molar-refractivity contribution in [2.45, 2.75) is 25.7 Å². The number of rotatable bonds is 7. The van der Waals surface area contributed by atoms with Gasteiger partial charge in [-0.1, -0.05) is 6.92 Å². The summed E-state index contributed by atoms with van der Waals surface area (Å²) in [6.45, 7) is 6.14. The third-order valence-corrected chi connectivity index (χ3v) is 6.95. The van der Waals surface area contributed by atoms with E-state index in [0.717, 1.165) is 5.69 Å². The second kappa shape index (κ2) is 10.7. The quantitative estimate of drug-likeness (QED) is 0.394. The number of carbonyl (C=O) groups is 1. The molecule has 6 rings (SSSR count). The Morgan fingerprint density at radius 2 is 2.00 bits per heavy atom. The Balaban J connectivity index is 0.000000433. The molecule has 11 nitrogen and oxygen atoms in total. The molecule has 2 atom stereocenters. The van der Waals surface area contributed by atoms with Gasteiger partial charge in [-0.05, 0) is 32.5 Å². The standard InChI is InChI=1S/C21H20FN7O3.C5H11N/c1-28-20(16(31-2)7-25-28)13-8-29-9-17(26-18(29)5-14(13)22)27-21(30)12-4-11(12)15-6-19(32-3)24-10-23-15;1-2-6-4-3-5-6/h5-12H,4H2,1-3H3,(H,27,30);2-5H2,1H3. The van der Waals surface area contributed by atoms with Crippen molar-refractivity contribution in [1.29, 1.82) is 0 Å². The SMILES string of the molecule is CCN1CCC1.COc1cc(C2CC2C(=O)Nc2cn3cc(-c4c(OC)cnn4C)c(F)cc3n2)ncn1. The van der Waals surface area contributed by atoms with Gasteiger partial charge in [0.1, 0.15) is 23.5 Å². The van der Waals surface area contributed by atoms with Gasteiger partial charge in [-0.2, -0.15) is 5.10 Å². The van der Waals surface area contributed by atoms with Crippen LogP contribution in [0.25, 0.3) is 16.9 Å². The number of carbonyl (C=O) groups excluding carboxylic acids is 1. The number of amides is 1. The highest BCUT2D eigenvalue weighted by atomic mass is 19.1. The summed E-state index contributed by atoms with van der Waals surface area (Å²) in [5.41, 5.74) is 1.95. The fourth-order valence-corrected chi connectivity index (χ4v) is 4.51. The maximum absolute atomic E-state index is 14.8. The van der Waals surface area contributed by atoms with Gasteiger partial charge in [0.2, 0.25) is 11.8 Å². The molecule has 1 saturated heterocycles. The van der Waals surface area contributed by atoms with Crippen molar-refractivity contribution < 1.29 is 18.7 Å². The molecule has 1 amide bonds. The Morgan fingerprint density at radius 1 is 1.18 bits per heavy atom. The predicted molar refractivity (Wildman–Crippen MR) is 139 cm³/mol. The molecular weight excluding hydrogens is 491 g/mol. The molecule has 5 heterocycles. The maximum atomic E-state index is 14.8. The molecule has 1 aliphatic carbocycles. The molecule has 0 spiro atoms. The van der Waals surface area contributed by atoms with E-state index < -0.39 is 5.82 Å². The van der Waals surface area contributed by atoms with Crippen molar-refractivity contribution in [3.8, 4) is 22.9 Å². The number of nitrogens with zero attached hydrogens (tertiary/aromatic N) is 7. The fraction of sp³-hybridized carbons (Fsp3) is 0.423. The lowest BCUT2D eigenvalue weighted by molar-refractivity contribution is -0.117. The highest BCUT2D eigenvalue weighted by Gasteiger charge is 2.45. The van der Waals surface area contributed by atoms with E-state index in [9.17, 15) is 9.18 Å². The molecule has 2 aliphatic rings. The van der Waals surface area contributed by atoms with Gasteiger partial charge < -0.3 is 24.1 Å². The van der Waals surface area contributed by atoms with E-state index in [1.807, 2.05) is 0 Å². The van der Waals surface area contributed by atoms with Gasteiger partial charge in [0, 0.05) is 37.2 Å². The first-order valence-electron chi connectivity index (χ1n) is 12.6. The molecule has 4 aromatic rings. The average Bonchev–Trinajstić information content (AvgIpc) is 3.48. The molecule has 12 heteroatoms. The first-order chi connectivity index (χ1) is 18.4. The van der Waals surface area contributed by atoms with Crippen LogP contribution in [0.3, 0.4) is 0 Å². The number of pyridine rings is 1. The van der Waals surface area contributed by atoms with Crippen molar-refractivity contribution in [3.05, 3.63) is 48.6 Å². The number of aryl methyl sites for hydroxylation is 1. The molecular formula is C26H31FN8O3. The van der Waals surface area contributed by atoms with Gasteiger partial charge in [0.15, 0.2) is 11.6 Å². The zero-order valence-corrected chi connectivity index (χ0v) is 21.9. The number of fused-ring (bicyclic) bond motifs is 1. The van der Waals surface area contributed by atoms with Crippen LogP contribution in [0.2, 0.25) is 0 Å². The largest absolute Gasteiger partial charge is 0.493 e. The number of aromatic nitrogens is 6. The van der Waals surface area contributed by atoms with Crippen LogP contribution >= 0.6 is 0 Å². The number of hydrogen-bond acceptors (Lipinski definition) is 8. The van der Waals surface area contributed by atoms with Gasteiger partial charge in [0.05, 0.1) is 37.9 Å². The molecule has 1 aliphatic heterocycles. The number of anilines is 1. The number of nitrogens with one attached hydrogen (secondary N) is 1.